The van der Waals surface area contributed by atoms with E-state index >= 15 is 0 Å². The van der Waals surface area contributed by atoms with Crippen LogP contribution >= 0.6 is 11.6 Å². The van der Waals surface area contributed by atoms with Gasteiger partial charge in [0.2, 0.25) is 0 Å². The number of hydrogen-bond acceptors (Lipinski definition) is 5. The minimum absolute atomic E-state index is 0.0706. The molecule has 1 fully saturated rings. The molecule has 0 spiro atoms. The molecule has 1 aromatic carbocycles. The van der Waals surface area contributed by atoms with Crippen LogP contribution < -0.4 is 0 Å². The Bertz CT molecular complexity index is 686. The van der Waals surface area contributed by atoms with Crippen LogP contribution in [0.3, 0.4) is 0 Å². The van der Waals surface area contributed by atoms with Crippen molar-refractivity contribution in [2.45, 2.75) is 18.6 Å². The predicted molar refractivity (Wildman–Crippen MR) is 84.3 cm³/mol. The van der Waals surface area contributed by atoms with Gasteiger partial charge < -0.3 is 19.3 Å². The lowest BCUT2D eigenvalue weighted by Crippen LogP contribution is -2.38. The number of methoxy groups -OCH3 is 1. The summed E-state index contributed by atoms with van der Waals surface area (Å²) in [7, 11) is 1.60. The third-order valence-corrected chi connectivity index (χ3v) is 4.29. The second kappa shape index (κ2) is 6.70. The molecule has 0 radical (unpaired) electrons. The van der Waals surface area contributed by atoms with E-state index in [1.807, 2.05) is 0 Å². The van der Waals surface area contributed by atoms with Gasteiger partial charge in [-0.3, -0.25) is 4.79 Å². The molecular weight excluding hydrogens is 320 g/mol. The number of carbonyl (C=O) groups excluding carboxylic acids is 1. The number of aliphatic hydroxyl groups excluding tert-OH is 1. The maximum absolute atomic E-state index is 12.6. The van der Waals surface area contributed by atoms with Crippen molar-refractivity contribution < 1.29 is 19.2 Å². The topological polar surface area (TPSA) is 75.8 Å². The van der Waals surface area contributed by atoms with Crippen LogP contribution in [0.5, 0.6) is 0 Å². The lowest BCUT2D eigenvalue weighted by molar-refractivity contribution is 0.0638. The second-order valence-corrected chi connectivity index (χ2v) is 5.91. The zero-order valence-corrected chi connectivity index (χ0v) is 13.4. The van der Waals surface area contributed by atoms with Crippen LogP contribution in [0.25, 0.3) is 11.3 Å². The van der Waals surface area contributed by atoms with Crippen LogP contribution in [0.15, 0.2) is 34.9 Å². The Morgan fingerprint density at radius 3 is 2.87 bits per heavy atom. The monoisotopic (exact) mass is 336 g/mol. The average molecular weight is 337 g/mol. The van der Waals surface area contributed by atoms with Crippen LogP contribution in [-0.4, -0.2) is 53.5 Å². The fraction of sp³-hybridized carbons (Fsp3) is 0.375. The lowest BCUT2D eigenvalue weighted by Gasteiger charge is -2.21. The first-order chi connectivity index (χ1) is 11.1. The van der Waals surface area contributed by atoms with Gasteiger partial charge in [0, 0.05) is 30.3 Å². The number of carbonyl (C=O) groups is 1. The molecule has 1 aliphatic heterocycles. The van der Waals surface area contributed by atoms with E-state index in [1.165, 1.54) is 0 Å². The fourth-order valence-corrected chi connectivity index (χ4v) is 2.87. The molecule has 122 valence electrons. The van der Waals surface area contributed by atoms with Gasteiger partial charge in [-0.15, -0.1) is 0 Å². The quantitative estimate of drug-likeness (QED) is 0.926. The molecule has 0 saturated carbocycles. The molecular formula is C16H17ClN2O4. The van der Waals surface area contributed by atoms with E-state index in [1.54, 1.807) is 42.3 Å². The summed E-state index contributed by atoms with van der Waals surface area (Å²) >= 11 is 5.86. The Morgan fingerprint density at radius 1 is 1.48 bits per heavy atom. The normalized spacial score (nSPS) is 20.9. The van der Waals surface area contributed by atoms with Gasteiger partial charge in [0.1, 0.15) is 0 Å². The number of rotatable bonds is 4. The zero-order chi connectivity index (χ0) is 16.4. The van der Waals surface area contributed by atoms with E-state index in [4.69, 9.17) is 20.9 Å². The third kappa shape index (κ3) is 3.24. The van der Waals surface area contributed by atoms with Crippen molar-refractivity contribution >= 4 is 17.5 Å². The van der Waals surface area contributed by atoms with Crippen LogP contribution in [-0.2, 0) is 4.74 Å². The molecule has 2 heterocycles. The first kappa shape index (κ1) is 16.0. The van der Waals surface area contributed by atoms with Crippen molar-refractivity contribution in [3.05, 3.63) is 41.0 Å². The molecule has 0 unspecified atom stereocenters. The summed E-state index contributed by atoms with van der Waals surface area (Å²) in [6.45, 7) is 0.331. The SMILES string of the molecule is CO[C@H]1C[C@@H](CO)N(C(=O)c2cc(-c3ccc(Cl)cc3)on2)C1. The molecule has 2 atom stereocenters. The number of benzene rings is 1. The number of ether oxygens (including phenoxy) is 1. The maximum Gasteiger partial charge on any atom is 0.276 e. The number of hydrogen-bond donors (Lipinski definition) is 1. The minimum atomic E-state index is -0.271. The van der Waals surface area contributed by atoms with Crippen molar-refractivity contribution in [2.75, 3.05) is 20.3 Å². The minimum Gasteiger partial charge on any atom is -0.394 e. The number of aromatic nitrogens is 1. The molecule has 0 bridgehead atoms. The Kier molecular flexibility index (Phi) is 4.66. The third-order valence-electron chi connectivity index (χ3n) is 4.04. The van der Waals surface area contributed by atoms with Gasteiger partial charge in [0.15, 0.2) is 11.5 Å². The summed E-state index contributed by atoms with van der Waals surface area (Å²) in [5, 5.41) is 13.9. The Balaban J connectivity index is 1.79. The van der Waals surface area contributed by atoms with Gasteiger partial charge in [-0.05, 0) is 30.7 Å². The van der Waals surface area contributed by atoms with Gasteiger partial charge in [0.25, 0.3) is 5.91 Å². The van der Waals surface area contributed by atoms with Crippen molar-refractivity contribution in [2.24, 2.45) is 0 Å². The summed E-state index contributed by atoms with van der Waals surface area (Å²) in [4.78, 5) is 14.2. The maximum atomic E-state index is 12.6. The van der Waals surface area contributed by atoms with Gasteiger partial charge >= 0.3 is 0 Å². The number of nitrogens with zero attached hydrogens (tertiary/aromatic N) is 2. The van der Waals surface area contributed by atoms with Gasteiger partial charge in [-0.1, -0.05) is 16.8 Å². The summed E-state index contributed by atoms with van der Waals surface area (Å²) < 4.78 is 10.5. The fourth-order valence-electron chi connectivity index (χ4n) is 2.74. The second-order valence-electron chi connectivity index (χ2n) is 5.47. The van der Waals surface area contributed by atoms with E-state index in [2.05, 4.69) is 5.16 Å². The number of amides is 1. The molecule has 1 saturated heterocycles. The van der Waals surface area contributed by atoms with Crippen molar-refractivity contribution in [3.63, 3.8) is 0 Å². The lowest BCUT2D eigenvalue weighted by atomic mass is 10.1. The molecule has 0 aliphatic carbocycles. The highest BCUT2D eigenvalue weighted by Crippen LogP contribution is 2.25. The predicted octanol–water partition coefficient (Wildman–Crippen LogP) is 2.22. The van der Waals surface area contributed by atoms with Crippen LogP contribution in [0.4, 0.5) is 0 Å². The van der Waals surface area contributed by atoms with Crippen LogP contribution in [0.2, 0.25) is 5.02 Å². The summed E-state index contributed by atoms with van der Waals surface area (Å²) in [6.07, 6.45) is 0.541. The van der Waals surface area contributed by atoms with Gasteiger partial charge in [0.05, 0.1) is 18.8 Å². The number of likely N-dealkylation sites (tertiary alicyclic amines) is 1. The average Bonchev–Trinajstić information content (AvgIpc) is 3.21. The highest BCUT2D eigenvalue weighted by molar-refractivity contribution is 6.30. The Labute approximate surface area is 138 Å². The first-order valence-corrected chi connectivity index (χ1v) is 7.67. The number of aliphatic hydroxyl groups is 1. The van der Waals surface area contributed by atoms with Crippen LogP contribution in [0.1, 0.15) is 16.9 Å². The van der Waals surface area contributed by atoms with E-state index in [0.29, 0.717) is 23.7 Å². The number of halogens is 1. The van der Waals surface area contributed by atoms with E-state index in [-0.39, 0.29) is 30.4 Å². The highest BCUT2D eigenvalue weighted by atomic mass is 35.5. The molecule has 23 heavy (non-hydrogen) atoms. The molecule has 2 aromatic rings. The summed E-state index contributed by atoms with van der Waals surface area (Å²) in [5.74, 6) is 0.223. The molecule has 1 N–H and O–H groups in total. The first-order valence-electron chi connectivity index (χ1n) is 7.29. The van der Waals surface area contributed by atoms with E-state index < -0.39 is 0 Å². The Hall–Kier alpha value is -1.89. The van der Waals surface area contributed by atoms with Crippen molar-refractivity contribution in [3.8, 4) is 11.3 Å². The largest absolute Gasteiger partial charge is 0.394 e. The van der Waals surface area contributed by atoms with Crippen molar-refractivity contribution in [1.29, 1.82) is 0 Å². The van der Waals surface area contributed by atoms with Crippen LogP contribution in [0, 0.1) is 0 Å². The molecule has 3 rings (SSSR count). The summed E-state index contributed by atoms with van der Waals surface area (Å²) in [5.41, 5.74) is 1.00. The highest BCUT2D eigenvalue weighted by Gasteiger charge is 2.36. The standard InChI is InChI=1S/C16H17ClN2O4/c1-22-13-6-12(9-20)19(8-13)16(21)14-7-15(23-18-14)10-2-4-11(17)5-3-10/h2-5,7,12-13,20H,6,8-9H2,1H3/t12-,13-/m0/s1. The van der Waals surface area contributed by atoms with E-state index in [9.17, 15) is 9.90 Å². The van der Waals surface area contributed by atoms with E-state index in [0.717, 1.165) is 5.56 Å². The van der Waals surface area contributed by atoms with Crippen molar-refractivity contribution in [1.82, 2.24) is 10.1 Å². The molecule has 1 aliphatic rings. The molecule has 7 heteroatoms. The Morgan fingerprint density at radius 2 is 2.22 bits per heavy atom. The molecule has 1 amide bonds. The molecule has 1 aromatic heterocycles. The zero-order valence-electron chi connectivity index (χ0n) is 12.6. The van der Waals surface area contributed by atoms with Gasteiger partial charge in [-0.25, -0.2) is 0 Å². The smallest absolute Gasteiger partial charge is 0.276 e. The summed E-state index contributed by atoms with van der Waals surface area (Å²) in [6, 6.07) is 8.41. The van der Waals surface area contributed by atoms with Gasteiger partial charge in [-0.2, -0.15) is 0 Å². The molecule has 6 nitrogen and oxygen atoms in total.